The second-order valence-corrected chi connectivity index (χ2v) is 8.96. The predicted octanol–water partition coefficient (Wildman–Crippen LogP) is 7.97. The first-order chi connectivity index (χ1) is 14.9. The molecule has 1 fully saturated rings. The number of hydrogen-bond donors (Lipinski definition) is 0. The minimum Gasteiger partial charge on any atom is -0.429 e. The minimum atomic E-state index is -3.37. The third-order valence-corrected chi connectivity index (χ3v) is 6.67. The summed E-state index contributed by atoms with van der Waals surface area (Å²) in [6.45, 7) is 4.24. The van der Waals surface area contributed by atoms with Crippen LogP contribution in [-0.2, 0) is 10.9 Å². The third kappa shape index (κ3) is 6.38. The lowest BCUT2D eigenvalue weighted by atomic mass is 9.77. The van der Waals surface area contributed by atoms with Crippen molar-refractivity contribution in [3.63, 3.8) is 0 Å². The van der Waals surface area contributed by atoms with Crippen LogP contribution in [-0.4, -0.2) is 6.29 Å². The smallest absolute Gasteiger partial charge is 0.426 e. The number of carbonyl (C=O) groups is 1. The second kappa shape index (κ2) is 10.9. The Kier molecular flexibility index (Phi) is 8.22. The molecule has 1 saturated carbocycles. The molecule has 0 radical (unpaired) electrons. The van der Waals surface area contributed by atoms with Crippen LogP contribution in [0.15, 0.2) is 48.5 Å². The molecule has 168 valence electrons. The number of ether oxygens (including phenoxy) is 1. The van der Waals surface area contributed by atoms with Crippen LogP contribution in [0.3, 0.4) is 0 Å². The average molecular weight is 429 g/mol. The Balaban J connectivity index is 1.58. The van der Waals surface area contributed by atoms with Gasteiger partial charge in [0.25, 0.3) is 0 Å². The lowest BCUT2D eigenvalue weighted by molar-refractivity contribution is -0.185. The van der Waals surface area contributed by atoms with Crippen molar-refractivity contribution in [2.75, 3.05) is 0 Å². The minimum absolute atomic E-state index is 0.127. The first kappa shape index (κ1) is 23.4. The zero-order valence-corrected chi connectivity index (χ0v) is 18.7. The van der Waals surface area contributed by atoms with Crippen molar-refractivity contribution in [1.82, 2.24) is 0 Å². The first-order valence-electron chi connectivity index (χ1n) is 11.6. The normalized spacial score (nSPS) is 20.3. The number of benzene rings is 2. The van der Waals surface area contributed by atoms with Gasteiger partial charge in [-0.2, -0.15) is 8.78 Å². The number of carbonyl (C=O) groups excluding carboxylic acids is 1. The van der Waals surface area contributed by atoms with Gasteiger partial charge in [0, 0.05) is 6.42 Å². The highest BCUT2D eigenvalue weighted by Gasteiger charge is 2.34. The van der Waals surface area contributed by atoms with E-state index in [2.05, 4.69) is 13.8 Å². The van der Waals surface area contributed by atoms with Crippen LogP contribution in [0.4, 0.5) is 8.78 Å². The molecule has 31 heavy (non-hydrogen) atoms. The summed E-state index contributed by atoms with van der Waals surface area (Å²) >= 11 is 0. The van der Waals surface area contributed by atoms with Crippen LogP contribution in [0.25, 0.3) is 0 Å². The van der Waals surface area contributed by atoms with Crippen molar-refractivity contribution in [1.29, 1.82) is 0 Å². The standard InChI is InChI=1S/C27H34F2O2/c1-3-5-20(2)22-11-15-25(16-12-22)27(28,29)31-26-17-13-24(14-18-26)23-9-7-21(8-10-23)6-4-19-30/h11-21,23H,3-10H2,1-2H3. The summed E-state index contributed by atoms with van der Waals surface area (Å²) in [5, 5.41) is 0. The van der Waals surface area contributed by atoms with Gasteiger partial charge in [-0.15, -0.1) is 0 Å². The second-order valence-electron chi connectivity index (χ2n) is 8.96. The molecule has 0 aromatic heterocycles. The molecule has 1 atom stereocenters. The molecule has 0 amide bonds. The molecule has 0 N–H and O–H groups in total. The van der Waals surface area contributed by atoms with Gasteiger partial charge >= 0.3 is 6.11 Å². The summed E-state index contributed by atoms with van der Waals surface area (Å²) in [7, 11) is 0. The Hall–Kier alpha value is -2.23. The molecular formula is C27H34F2O2. The molecule has 0 aliphatic heterocycles. The third-order valence-electron chi connectivity index (χ3n) is 6.67. The van der Waals surface area contributed by atoms with E-state index in [4.69, 9.17) is 4.74 Å². The SMILES string of the molecule is CCCC(C)c1ccc(C(F)(F)Oc2ccc(C3CCC(CCC=O)CC3)cc2)cc1. The molecule has 4 heteroatoms. The van der Waals surface area contributed by atoms with Crippen molar-refractivity contribution >= 4 is 6.29 Å². The topological polar surface area (TPSA) is 26.3 Å². The molecule has 0 bridgehead atoms. The Morgan fingerprint density at radius 1 is 1.03 bits per heavy atom. The molecule has 2 aromatic rings. The lowest BCUT2D eigenvalue weighted by Gasteiger charge is -2.28. The number of aldehydes is 1. The molecule has 0 saturated heterocycles. The van der Waals surface area contributed by atoms with E-state index in [1.54, 1.807) is 24.3 Å². The van der Waals surface area contributed by atoms with Crippen molar-refractivity contribution in [3.05, 3.63) is 65.2 Å². The summed E-state index contributed by atoms with van der Waals surface area (Å²) in [4.78, 5) is 10.6. The fourth-order valence-electron chi connectivity index (χ4n) is 4.71. The Morgan fingerprint density at radius 2 is 1.68 bits per heavy atom. The van der Waals surface area contributed by atoms with E-state index < -0.39 is 6.11 Å². The highest BCUT2D eigenvalue weighted by Crippen LogP contribution is 2.39. The van der Waals surface area contributed by atoms with Crippen LogP contribution < -0.4 is 4.74 Å². The van der Waals surface area contributed by atoms with Crippen LogP contribution in [0.5, 0.6) is 5.75 Å². The maximum absolute atomic E-state index is 14.7. The highest BCUT2D eigenvalue weighted by atomic mass is 19.3. The van der Waals surface area contributed by atoms with Gasteiger partial charge in [-0.1, -0.05) is 44.5 Å². The molecule has 0 spiro atoms. The van der Waals surface area contributed by atoms with Crippen LogP contribution in [0.1, 0.15) is 93.7 Å². The molecule has 2 aromatic carbocycles. The summed E-state index contributed by atoms with van der Waals surface area (Å²) in [5.41, 5.74) is 2.13. The van der Waals surface area contributed by atoms with E-state index in [1.165, 1.54) is 17.7 Å². The fourth-order valence-corrected chi connectivity index (χ4v) is 4.71. The molecular weight excluding hydrogens is 394 g/mol. The average Bonchev–Trinajstić information content (AvgIpc) is 2.78. The maximum atomic E-state index is 14.7. The molecule has 3 rings (SSSR count). The molecule has 1 aliphatic rings. The first-order valence-corrected chi connectivity index (χ1v) is 11.6. The zero-order valence-electron chi connectivity index (χ0n) is 18.7. The van der Waals surface area contributed by atoms with Crippen LogP contribution in [0, 0.1) is 5.92 Å². The predicted molar refractivity (Wildman–Crippen MR) is 121 cm³/mol. The highest BCUT2D eigenvalue weighted by molar-refractivity contribution is 5.49. The van der Waals surface area contributed by atoms with Gasteiger partial charge in [0.2, 0.25) is 0 Å². The Labute approximate surface area is 185 Å². The van der Waals surface area contributed by atoms with Gasteiger partial charge in [0.05, 0.1) is 5.56 Å². The van der Waals surface area contributed by atoms with Gasteiger partial charge in [-0.05, 0) is 91.7 Å². The van der Waals surface area contributed by atoms with E-state index in [9.17, 15) is 13.6 Å². The van der Waals surface area contributed by atoms with Crippen molar-refractivity contribution < 1.29 is 18.3 Å². The van der Waals surface area contributed by atoms with Crippen molar-refractivity contribution in [2.45, 2.75) is 83.2 Å². The molecule has 0 heterocycles. The van der Waals surface area contributed by atoms with E-state index in [1.807, 2.05) is 12.1 Å². The summed E-state index contributed by atoms with van der Waals surface area (Å²) < 4.78 is 34.4. The number of rotatable bonds is 10. The van der Waals surface area contributed by atoms with E-state index in [-0.39, 0.29) is 11.3 Å². The van der Waals surface area contributed by atoms with E-state index in [0.717, 1.165) is 56.8 Å². The monoisotopic (exact) mass is 428 g/mol. The van der Waals surface area contributed by atoms with Crippen LogP contribution >= 0.6 is 0 Å². The summed E-state index contributed by atoms with van der Waals surface area (Å²) in [6.07, 6.45) is 5.80. The van der Waals surface area contributed by atoms with Gasteiger partial charge in [0.15, 0.2) is 0 Å². The van der Waals surface area contributed by atoms with Gasteiger partial charge < -0.3 is 9.53 Å². The summed E-state index contributed by atoms with van der Waals surface area (Å²) in [5.74, 6) is 1.64. The molecule has 1 unspecified atom stereocenters. The van der Waals surface area contributed by atoms with E-state index >= 15 is 0 Å². The Morgan fingerprint density at radius 3 is 2.26 bits per heavy atom. The Bertz CT molecular complexity index is 806. The van der Waals surface area contributed by atoms with Gasteiger partial charge in [-0.3, -0.25) is 0 Å². The number of alkyl halides is 2. The molecule has 1 aliphatic carbocycles. The largest absolute Gasteiger partial charge is 0.429 e. The summed E-state index contributed by atoms with van der Waals surface area (Å²) in [6, 6.07) is 13.6. The van der Waals surface area contributed by atoms with Gasteiger partial charge in [0.1, 0.15) is 12.0 Å². The fraction of sp³-hybridized carbons (Fsp3) is 0.519. The van der Waals surface area contributed by atoms with Crippen molar-refractivity contribution in [2.24, 2.45) is 5.92 Å². The van der Waals surface area contributed by atoms with Crippen molar-refractivity contribution in [3.8, 4) is 5.75 Å². The number of halogens is 2. The van der Waals surface area contributed by atoms with Crippen LogP contribution in [0.2, 0.25) is 0 Å². The van der Waals surface area contributed by atoms with E-state index in [0.29, 0.717) is 24.2 Å². The molecule has 2 nitrogen and oxygen atoms in total. The maximum Gasteiger partial charge on any atom is 0.426 e. The zero-order chi connectivity index (χ0) is 22.3. The van der Waals surface area contributed by atoms with Gasteiger partial charge in [-0.25, -0.2) is 0 Å². The quantitative estimate of drug-likeness (QED) is 0.359. The lowest BCUT2D eigenvalue weighted by Crippen LogP contribution is -2.22. The number of hydrogen-bond acceptors (Lipinski definition) is 2.